The van der Waals surface area contributed by atoms with Gasteiger partial charge in [0.1, 0.15) is 5.37 Å². The van der Waals surface area contributed by atoms with Crippen LogP contribution in [0.2, 0.25) is 0 Å². The molecule has 0 spiro atoms. The van der Waals surface area contributed by atoms with Crippen LogP contribution in [0.4, 0.5) is 4.79 Å². The lowest BCUT2D eigenvalue weighted by Gasteiger charge is -2.33. The molecular weight excluding hydrogens is 250 g/mol. The highest BCUT2D eigenvalue weighted by molar-refractivity contribution is 8.00. The molecule has 5 nitrogen and oxygen atoms in total. The molecular formula is C9H17NO4S2. The van der Waals surface area contributed by atoms with E-state index in [1.807, 2.05) is 0 Å². The van der Waals surface area contributed by atoms with Crippen molar-refractivity contribution in [1.29, 1.82) is 0 Å². The van der Waals surface area contributed by atoms with Crippen LogP contribution in [0.1, 0.15) is 13.8 Å². The van der Waals surface area contributed by atoms with Gasteiger partial charge in [-0.15, -0.1) is 0 Å². The SMILES string of the molecule is CC(C)OC(=O)N1CCSCC1S(C)(=O)=O. The van der Waals surface area contributed by atoms with Gasteiger partial charge in [0.15, 0.2) is 9.84 Å². The average Bonchev–Trinajstić information content (AvgIpc) is 2.15. The minimum absolute atomic E-state index is 0.234. The molecule has 1 aliphatic rings. The van der Waals surface area contributed by atoms with Gasteiger partial charge in [-0.1, -0.05) is 0 Å². The third kappa shape index (κ3) is 3.55. The smallest absolute Gasteiger partial charge is 0.411 e. The summed E-state index contributed by atoms with van der Waals surface area (Å²) < 4.78 is 28.1. The molecule has 1 fully saturated rings. The van der Waals surface area contributed by atoms with Crippen LogP contribution < -0.4 is 0 Å². The predicted molar refractivity (Wildman–Crippen MR) is 64.3 cm³/mol. The van der Waals surface area contributed by atoms with Gasteiger partial charge in [0.05, 0.1) is 6.10 Å². The van der Waals surface area contributed by atoms with Gasteiger partial charge in [0.2, 0.25) is 0 Å². The van der Waals surface area contributed by atoms with Crippen molar-refractivity contribution in [2.45, 2.75) is 25.3 Å². The number of amides is 1. The van der Waals surface area contributed by atoms with Crippen molar-refractivity contribution in [2.24, 2.45) is 0 Å². The third-order valence-corrected chi connectivity index (χ3v) is 4.79. The molecule has 1 heterocycles. The first-order chi connectivity index (χ1) is 7.32. The first-order valence-corrected chi connectivity index (χ1v) is 8.17. The van der Waals surface area contributed by atoms with Crippen molar-refractivity contribution in [2.75, 3.05) is 24.3 Å². The van der Waals surface area contributed by atoms with Crippen molar-refractivity contribution < 1.29 is 17.9 Å². The van der Waals surface area contributed by atoms with Gasteiger partial charge in [-0.05, 0) is 13.8 Å². The summed E-state index contributed by atoms with van der Waals surface area (Å²) in [6.07, 6.45) is 0.382. The van der Waals surface area contributed by atoms with Gasteiger partial charge in [-0.2, -0.15) is 11.8 Å². The lowest BCUT2D eigenvalue weighted by molar-refractivity contribution is 0.0757. The molecule has 0 aromatic rings. The lowest BCUT2D eigenvalue weighted by atomic mass is 10.5. The quantitative estimate of drug-likeness (QED) is 0.745. The molecule has 0 radical (unpaired) electrons. The molecule has 1 saturated heterocycles. The van der Waals surface area contributed by atoms with Crippen molar-refractivity contribution in [3.63, 3.8) is 0 Å². The molecule has 0 saturated carbocycles. The number of thioether (sulfide) groups is 1. The van der Waals surface area contributed by atoms with Crippen LogP contribution in [0.15, 0.2) is 0 Å². The zero-order valence-electron chi connectivity index (χ0n) is 9.67. The van der Waals surface area contributed by atoms with Crippen LogP contribution >= 0.6 is 11.8 Å². The lowest BCUT2D eigenvalue weighted by Crippen LogP contribution is -2.50. The number of hydrogen-bond donors (Lipinski definition) is 0. The Morgan fingerprint density at radius 1 is 1.50 bits per heavy atom. The van der Waals surface area contributed by atoms with E-state index in [9.17, 15) is 13.2 Å². The van der Waals surface area contributed by atoms with E-state index < -0.39 is 21.3 Å². The average molecular weight is 267 g/mol. The summed E-state index contributed by atoms with van der Waals surface area (Å²) in [5, 5.41) is -0.752. The molecule has 94 valence electrons. The zero-order valence-corrected chi connectivity index (χ0v) is 11.3. The summed E-state index contributed by atoms with van der Waals surface area (Å²) in [5.41, 5.74) is 0. The number of sulfone groups is 1. The summed E-state index contributed by atoms with van der Waals surface area (Å²) in [7, 11) is -3.25. The van der Waals surface area contributed by atoms with E-state index in [-0.39, 0.29) is 6.10 Å². The van der Waals surface area contributed by atoms with Crippen molar-refractivity contribution in [3.8, 4) is 0 Å². The highest BCUT2D eigenvalue weighted by atomic mass is 32.2. The summed E-state index contributed by atoms with van der Waals surface area (Å²) >= 11 is 1.54. The van der Waals surface area contributed by atoms with Gasteiger partial charge in [-0.25, -0.2) is 13.2 Å². The molecule has 1 atom stereocenters. The van der Waals surface area contributed by atoms with Gasteiger partial charge in [0, 0.05) is 24.3 Å². The van der Waals surface area contributed by atoms with E-state index in [4.69, 9.17) is 4.74 Å². The van der Waals surface area contributed by atoms with Crippen LogP contribution in [0.3, 0.4) is 0 Å². The fourth-order valence-corrected chi connectivity index (χ4v) is 4.22. The van der Waals surface area contributed by atoms with Gasteiger partial charge >= 0.3 is 6.09 Å². The maximum absolute atomic E-state index is 11.7. The third-order valence-electron chi connectivity index (χ3n) is 2.15. The topological polar surface area (TPSA) is 63.7 Å². The maximum atomic E-state index is 11.7. The van der Waals surface area contributed by atoms with Crippen LogP contribution in [0.5, 0.6) is 0 Å². The Hall–Kier alpha value is -0.430. The molecule has 0 bridgehead atoms. The Kier molecular flexibility index (Phi) is 4.49. The highest BCUT2D eigenvalue weighted by Crippen LogP contribution is 2.21. The Morgan fingerprint density at radius 2 is 2.12 bits per heavy atom. The van der Waals surface area contributed by atoms with Crippen molar-refractivity contribution in [3.05, 3.63) is 0 Å². The normalized spacial score (nSPS) is 22.2. The van der Waals surface area contributed by atoms with Crippen molar-refractivity contribution >= 4 is 27.7 Å². The highest BCUT2D eigenvalue weighted by Gasteiger charge is 2.35. The summed E-state index contributed by atoms with van der Waals surface area (Å²) in [4.78, 5) is 13.0. The molecule has 1 aliphatic heterocycles. The summed E-state index contributed by atoms with van der Waals surface area (Å²) in [5.74, 6) is 1.17. The van der Waals surface area contributed by atoms with E-state index in [1.54, 1.807) is 25.6 Å². The largest absolute Gasteiger partial charge is 0.447 e. The molecule has 0 aliphatic carbocycles. The number of rotatable bonds is 2. The van der Waals surface area contributed by atoms with Gasteiger partial charge in [0.25, 0.3) is 0 Å². The Bertz CT molecular complexity index is 353. The van der Waals surface area contributed by atoms with E-state index in [0.29, 0.717) is 12.3 Å². The Labute approximate surface area is 100 Å². The van der Waals surface area contributed by atoms with Crippen LogP contribution in [0, 0.1) is 0 Å². The first-order valence-electron chi connectivity index (χ1n) is 5.06. The molecule has 0 aromatic heterocycles. The maximum Gasteiger partial charge on any atom is 0.411 e. The van der Waals surface area contributed by atoms with E-state index in [1.165, 1.54) is 4.90 Å². The monoisotopic (exact) mass is 267 g/mol. The molecule has 1 unspecified atom stereocenters. The summed E-state index contributed by atoms with van der Waals surface area (Å²) in [6, 6.07) is 0. The zero-order chi connectivity index (χ0) is 12.3. The van der Waals surface area contributed by atoms with Gasteiger partial charge in [-0.3, -0.25) is 4.90 Å². The Morgan fingerprint density at radius 3 is 2.62 bits per heavy atom. The molecule has 0 N–H and O–H groups in total. The van der Waals surface area contributed by atoms with E-state index >= 15 is 0 Å². The Balaban J connectivity index is 2.79. The second-order valence-corrected chi connectivity index (χ2v) is 7.34. The molecule has 1 rings (SSSR count). The van der Waals surface area contributed by atoms with Crippen LogP contribution in [0.25, 0.3) is 0 Å². The number of hydrogen-bond acceptors (Lipinski definition) is 5. The number of carbonyl (C=O) groups is 1. The van der Waals surface area contributed by atoms with Gasteiger partial charge < -0.3 is 4.74 Å². The number of ether oxygens (including phenoxy) is 1. The van der Waals surface area contributed by atoms with E-state index in [2.05, 4.69) is 0 Å². The fourth-order valence-electron chi connectivity index (χ4n) is 1.41. The summed E-state index contributed by atoms with van der Waals surface area (Å²) in [6.45, 7) is 3.91. The fraction of sp³-hybridized carbons (Fsp3) is 0.889. The molecule has 0 aromatic carbocycles. The number of nitrogens with zero attached hydrogens (tertiary/aromatic N) is 1. The molecule has 16 heavy (non-hydrogen) atoms. The minimum Gasteiger partial charge on any atom is -0.447 e. The number of carbonyl (C=O) groups excluding carboxylic acids is 1. The molecule has 7 heteroatoms. The second-order valence-electron chi connectivity index (χ2n) is 3.98. The first kappa shape index (κ1) is 13.6. The predicted octanol–water partition coefficient (Wildman–Crippen LogP) is 0.951. The van der Waals surface area contributed by atoms with Crippen LogP contribution in [-0.4, -0.2) is 55.2 Å². The van der Waals surface area contributed by atoms with E-state index in [0.717, 1.165) is 12.0 Å². The second kappa shape index (κ2) is 5.27. The minimum atomic E-state index is -3.25. The standard InChI is InChI=1S/C9H17NO4S2/c1-7(2)14-9(11)10-4-5-15-6-8(10)16(3,12)13/h7-8H,4-6H2,1-3H3. The van der Waals surface area contributed by atoms with Crippen LogP contribution in [-0.2, 0) is 14.6 Å². The molecule has 1 amide bonds. The van der Waals surface area contributed by atoms with Crippen molar-refractivity contribution in [1.82, 2.24) is 4.90 Å².